The molecule has 0 radical (unpaired) electrons. The van der Waals surface area contributed by atoms with Gasteiger partial charge >= 0.3 is 6.03 Å². The molecule has 0 unspecified atom stereocenters. The van der Waals surface area contributed by atoms with E-state index in [0.717, 1.165) is 68.3 Å². The van der Waals surface area contributed by atoms with Gasteiger partial charge in [-0.1, -0.05) is 23.7 Å². The summed E-state index contributed by atoms with van der Waals surface area (Å²) in [5.41, 5.74) is 3.29. The van der Waals surface area contributed by atoms with Gasteiger partial charge in [-0.25, -0.2) is 4.79 Å². The first-order valence-electron chi connectivity index (χ1n) is 11.7. The Labute approximate surface area is 205 Å². The number of halogens is 1. The maximum atomic E-state index is 12.6. The highest BCUT2D eigenvalue weighted by molar-refractivity contribution is 6.30. The molecule has 0 bridgehead atoms. The van der Waals surface area contributed by atoms with Crippen LogP contribution in [0.1, 0.15) is 24.0 Å². The quantitative estimate of drug-likeness (QED) is 0.493. The lowest BCUT2D eigenvalue weighted by Gasteiger charge is -2.53. The summed E-state index contributed by atoms with van der Waals surface area (Å²) in [5.74, 6) is 1.61. The van der Waals surface area contributed by atoms with Crippen LogP contribution in [0.15, 0.2) is 67.0 Å². The Hall–Kier alpha value is -3.09. The number of hydrogen-bond acceptors (Lipinski definition) is 4. The zero-order valence-corrected chi connectivity index (χ0v) is 20.1. The molecule has 1 N–H and O–H groups in total. The van der Waals surface area contributed by atoms with Gasteiger partial charge in [0.25, 0.3) is 0 Å². The van der Waals surface area contributed by atoms with Crippen molar-refractivity contribution in [1.29, 1.82) is 0 Å². The molecule has 6 nitrogen and oxygen atoms in total. The monoisotopic (exact) mass is 476 g/mol. The maximum Gasteiger partial charge on any atom is 0.321 e. The first-order valence-corrected chi connectivity index (χ1v) is 12.1. The standard InChI is InChI=1S/C27H29ClN4O2/c1-20-13-23(16-29-15-20)30-26(33)32-18-27(19-32)9-11-31(12-10-27)17-21-3-2-4-25(14-21)34-24-7-5-22(28)6-8-24/h2-8,13-16H,9-12,17-19H2,1H3,(H,30,33). The number of carbonyl (C=O) groups is 1. The predicted octanol–water partition coefficient (Wildman–Crippen LogP) is 5.97. The molecular weight excluding hydrogens is 448 g/mol. The number of hydrogen-bond donors (Lipinski definition) is 1. The van der Waals surface area contributed by atoms with Crippen molar-refractivity contribution < 1.29 is 9.53 Å². The van der Waals surface area contributed by atoms with Gasteiger partial charge in [0, 0.05) is 36.3 Å². The Bertz CT molecular complexity index is 1150. The van der Waals surface area contributed by atoms with E-state index in [1.807, 2.05) is 54.3 Å². The van der Waals surface area contributed by atoms with E-state index in [1.54, 1.807) is 12.4 Å². The van der Waals surface area contributed by atoms with Gasteiger partial charge in [-0.2, -0.15) is 0 Å². The second-order valence-corrected chi connectivity index (χ2v) is 9.95. The van der Waals surface area contributed by atoms with Gasteiger partial charge in [0.15, 0.2) is 0 Å². The Morgan fingerprint density at radius 2 is 1.82 bits per heavy atom. The lowest BCUT2D eigenvalue weighted by atomic mass is 9.72. The molecule has 5 rings (SSSR count). The Balaban J connectivity index is 1.10. The molecule has 176 valence electrons. The lowest BCUT2D eigenvalue weighted by Crippen LogP contribution is -2.62. The molecule has 0 atom stereocenters. The van der Waals surface area contributed by atoms with Crippen molar-refractivity contribution >= 4 is 23.3 Å². The van der Waals surface area contributed by atoms with Gasteiger partial charge in [0.05, 0.1) is 11.9 Å². The molecule has 2 fully saturated rings. The zero-order chi connectivity index (χ0) is 23.5. The fraction of sp³-hybridized carbons (Fsp3) is 0.333. The Morgan fingerprint density at radius 3 is 2.56 bits per heavy atom. The van der Waals surface area contributed by atoms with Crippen LogP contribution in [0.4, 0.5) is 10.5 Å². The maximum absolute atomic E-state index is 12.6. The summed E-state index contributed by atoms with van der Waals surface area (Å²) in [6.45, 7) is 6.61. The predicted molar refractivity (Wildman–Crippen MR) is 134 cm³/mol. The van der Waals surface area contributed by atoms with Crippen LogP contribution >= 0.6 is 11.6 Å². The molecule has 0 saturated carbocycles. The SMILES string of the molecule is Cc1cncc(NC(=O)N2CC3(CCN(Cc4cccc(Oc5ccc(Cl)cc5)c4)CC3)C2)c1. The second-order valence-electron chi connectivity index (χ2n) is 9.52. The second kappa shape index (κ2) is 9.65. The van der Waals surface area contributed by atoms with Crippen molar-refractivity contribution in [3.63, 3.8) is 0 Å². The fourth-order valence-corrected chi connectivity index (χ4v) is 4.96. The molecule has 3 heterocycles. The number of piperidine rings is 1. The van der Waals surface area contributed by atoms with E-state index in [0.29, 0.717) is 5.02 Å². The smallest absolute Gasteiger partial charge is 0.321 e. The summed E-state index contributed by atoms with van der Waals surface area (Å²) >= 11 is 5.96. The summed E-state index contributed by atoms with van der Waals surface area (Å²) in [4.78, 5) is 21.1. The van der Waals surface area contributed by atoms with Crippen LogP contribution in [0, 0.1) is 12.3 Å². The number of benzene rings is 2. The van der Waals surface area contributed by atoms with E-state index in [1.165, 1.54) is 5.56 Å². The topological polar surface area (TPSA) is 57.7 Å². The molecule has 1 spiro atoms. The lowest BCUT2D eigenvalue weighted by molar-refractivity contribution is -0.0200. The molecule has 0 aliphatic carbocycles. The minimum absolute atomic E-state index is 0.0297. The summed E-state index contributed by atoms with van der Waals surface area (Å²) < 4.78 is 5.98. The van der Waals surface area contributed by atoms with Crippen LogP contribution in [0.3, 0.4) is 0 Å². The fourth-order valence-electron chi connectivity index (χ4n) is 4.84. The number of anilines is 1. The summed E-state index contributed by atoms with van der Waals surface area (Å²) in [7, 11) is 0. The van der Waals surface area contributed by atoms with Crippen molar-refractivity contribution in [2.24, 2.45) is 5.41 Å². The van der Waals surface area contributed by atoms with Crippen LogP contribution in [0.5, 0.6) is 11.5 Å². The molecule has 2 saturated heterocycles. The molecule has 7 heteroatoms. The van der Waals surface area contributed by atoms with Gasteiger partial charge < -0.3 is 15.0 Å². The zero-order valence-electron chi connectivity index (χ0n) is 19.3. The van der Waals surface area contributed by atoms with E-state index in [4.69, 9.17) is 16.3 Å². The average Bonchev–Trinajstić information content (AvgIpc) is 2.80. The average molecular weight is 477 g/mol. The number of rotatable bonds is 5. The molecule has 3 aromatic rings. The van der Waals surface area contributed by atoms with E-state index < -0.39 is 0 Å². The number of aryl methyl sites for hydroxylation is 1. The van der Waals surface area contributed by atoms with Gasteiger partial charge in [0.2, 0.25) is 0 Å². The molecule has 2 aliphatic rings. The first kappa shape index (κ1) is 22.7. The minimum atomic E-state index is -0.0297. The van der Waals surface area contributed by atoms with E-state index in [2.05, 4.69) is 27.3 Å². The highest BCUT2D eigenvalue weighted by Gasteiger charge is 2.46. The van der Waals surface area contributed by atoms with Gasteiger partial charge in [0.1, 0.15) is 11.5 Å². The molecule has 1 aromatic heterocycles. The van der Waals surface area contributed by atoms with E-state index in [-0.39, 0.29) is 11.4 Å². The highest BCUT2D eigenvalue weighted by Crippen LogP contribution is 2.41. The number of urea groups is 1. The third-order valence-electron chi connectivity index (χ3n) is 6.74. The Morgan fingerprint density at radius 1 is 1.06 bits per heavy atom. The van der Waals surface area contributed by atoms with Crippen molar-refractivity contribution in [2.75, 3.05) is 31.5 Å². The third-order valence-corrected chi connectivity index (χ3v) is 6.99. The summed E-state index contributed by atoms with van der Waals surface area (Å²) in [6.07, 6.45) is 5.70. The number of pyridine rings is 1. The van der Waals surface area contributed by atoms with Crippen LogP contribution in [-0.4, -0.2) is 47.0 Å². The van der Waals surface area contributed by atoms with Crippen molar-refractivity contribution in [3.05, 3.63) is 83.1 Å². The van der Waals surface area contributed by atoms with Crippen molar-refractivity contribution in [2.45, 2.75) is 26.3 Å². The molecule has 2 amide bonds. The number of likely N-dealkylation sites (tertiary alicyclic amines) is 2. The number of aromatic nitrogens is 1. The van der Waals surface area contributed by atoms with Crippen LogP contribution in [0.2, 0.25) is 5.02 Å². The highest BCUT2D eigenvalue weighted by atomic mass is 35.5. The molecule has 34 heavy (non-hydrogen) atoms. The largest absolute Gasteiger partial charge is 0.457 e. The number of ether oxygens (including phenoxy) is 1. The van der Waals surface area contributed by atoms with Crippen LogP contribution in [-0.2, 0) is 6.54 Å². The summed E-state index contributed by atoms with van der Waals surface area (Å²) in [6, 6.07) is 17.6. The van der Waals surface area contributed by atoms with E-state index >= 15 is 0 Å². The summed E-state index contributed by atoms with van der Waals surface area (Å²) in [5, 5.41) is 3.67. The number of nitrogens with one attached hydrogen (secondary N) is 1. The number of carbonyl (C=O) groups excluding carboxylic acids is 1. The number of nitrogens with zero attached hydrogens (tertiary/aromatic N) is 3. The number of amides is 2. The van der Waals surface area contributed by atoms with Gasteiger partial charge in [-0.3, -0.25) is 9.88 Å². The third kappa shape index (κ3) is 5.34. The van der Waals surface area contributed by atoms with Gasteiger partial charge in [-0.05, 0) is 86.4 Å². The minimum Gasteiger partial charge on any atom is -0.457 e. The molecular formula is C27H29ClN4O2. The van der Waals surface area contributed by atoms with E-state index in [9.17, 15) is 4.79 Å². The first-order chi connectivity index (χ1) is 16.5. The van der Waals surface area contributed by atoms with Crippen molar-refractivity contribution in [3.8, 4) is 11.5 Å². The van der Waals surface area contributed by atoms with Crippen LogP contribution < -0.4 is 10.1 Å². The Kier molecular flexibility index (Phi) is 6.44. The van der Waals surface area contributed by atoms with Crippen LogP contribution in [0.25, 0.3) is 0 Å². The molecule has 2 aromatic carbocycles. The normalized spacial score (nSPS) is 17.3. The molecule has 2 aliphatic heterocycles. The van der Waals surface area contributed by atoms with Crippen molar-refractivity contribution in [1.82, 2.24) is 14.8 Å². The van der Waals surface area contributed by atoms with Gasteiger partial charge in [-0.15, -0.1) is 0 Å².